The van der Waals surface area contributed by atoms with Crippen molar-refractivity contribution in [3.63, 3.8) is 0 Å². The molecule has 0 heterocycles. The summed E-state index contributed by atoms with van der Waals surface area (Å²) in [6.45, 7) is 4.87. The van der Waals surface area contributed by atoms with Crippen LogP contribution in [0.5, 0.6) is 0 Å². The minimum atomic E-state index is 0.131. The van der Waals surface area contributed by atoms with E-state index < -0.39 is 0 Å². The number of hydrogen-bond donors (Lipinski definition) is 2. The highest BCUT2D eigenvalue weighted by atomic mass is 16.5. The highest BCUT2D eigenvalue weighted by molar-refractivity contribution is 5.78. The molecule has 0 aromatic heterocycles. The Balaban J connectivity index is 2.25. The van der Waals surface area contributed by atoms with Gasteiger partial charge in [0.25, 0.3) is 0 Å². The summed E-state index contributed by atoms with van der Waals surface area (Å²) in [4.78, 5) is 0. The number of ether oxygens (including phenoxy) is 1. The van der Waals surface area contributed by atoms with Gasteiger partial charge in [0.2, 0.25) is 0 Å². The first-order valence-electron chi connectivity index (χ1n) is 5.04. The monoisotopic (exact) mass is 184 g/mol. The van der Waals surface area contributed by atoms with E-state index >= 15 is 0 Å². The molecule has 3 heteroatoms. The summed E-state index contributed by atoms with van der Waals surface area (Å²) in [6.07, 6.45) is 3.81. The number of nitrogens with one attached hydrogen (secondary N) is 1. The lowest BCUT2D eigenvalue weighted by molar-refractivity contribution is 0.0219. The van der Waals surface area contributed by atoms with Gasteiger partial charge < -0.3 is 10.5 Å². The quantitative estimate of drug-likeness (QED) is 0.518. The van der Waals surface area contributed by atoms with E-state index in [0.717, 1.165) is 24.7 Å². The van der Waals surface area contributed by atoms with Crippen molar-refractivity contribution >= 4 is 5.84 Å². The Morgan fingerprint density at radius 3 is 2.62 bits per heavy atom. The van der Waals surface area contributed by atoms with Gasteiger partial charge in [-0.1, -0.05) is 13.8 Å². The Kier molecular flexibility index (Phi) is 3.72. The summed E-state index contributed by atoms with van der Waals surface area (Å²) in [5.41, 5.74) is 5.23. The summed E-state index contributed by atoms with van der Waals surface area (Å²) < 4.78 is 5.51. The lowest BCUT2D eigenvalue weighted by Gasteiger charge is -2.31. The lowest BCUT2D eigenvalue weighted by atomic mass is 9.80. The third-order valence-electron chi connectivity index (χ3n) is 3.02. The molecule has 1 fully saturated rings. The van der Waals surface area contributed by atoms with Crippen molar-refractivity contribution in [2.45, 2.75) is 39.2 Å². The van der Waals surface area contributed by atoms with Crippen molar-refractivity contribution in [3.8, 4) is 0 Å². The Morgan fingerprint density at radius 2 is 2.08 bits per heavy atom. The van der Waals surface area contributed by atoms with Crippen LogP contribution in [0.3, 0.4) is 0 Å². The van der Waals surface area contributed by atoms with Gasteiger partial charge in [0.05, 0.1) is 6.10 Å². The first-order valence-corrected chi connectivity index (χ1v) is 5.04. The summed E-state index contributed by atoms with van der Waals surface area (Å²) in [5.74, 6) is 1.69. The number of amidine groups is 1. The fourth-order valence-electron chi connectivity index (χ4n) is 1.86. The van der Waals surface area contributed by atoms with Crippen molar-refractivity contribution < 1.29 is 4.74 Å². The average Bonchev–Trinajstić information content (AvgIpc) is 2.07. The molecule has 3 N–H and O–H groups in total. The van der Waals surface area contributed by atoms with Crippen LogP contribution >= 0.6 is 0 Å². The third-order valence-corrected chi connectivity index (χ3v) is 3.02. The number of nitrogens with two attached hydrogens (primary N) is 1. The van der Waals surface area contributed by atoms with E-state index in [9.17, 15) is 0 Å². The van der Waals surface area contributed by atoms with Crippen LogP contribution in [0.4, 0.5) is 0 Å². The minimum Gasteiger partial charge on any atom is -0.386 e. The van der Waals surface area contributed by atoms with E-state index in [0.29, 0.717) is 12.7 Å². The molecule has 3 atom stereocenters. The molecule has 0 aromatic carbocycles. The zero-order valence-electron chi connectivity index (χ0n) is 8.55. The van der Waals surface area contributed by atoms with Crippen molar-refractivity contribution in [3.05, 3.63) is 0 Å². The summed E-state index contributed by atoms with van der Waals surface area (Å²) in [5, 5.41) is 7.06. The van der Waals surface area contributed by atoms with Gasteiger partial charge in [-0.05, 0) is 31.1 Å². The van der Waals surface area contributed by atoms with Crippen LogP contribution in [0.1, 0.15) is 33.1 Å². The van der Waals surface area contributed by atoms with E-state index in [-0.39, 0.29) is 5.84 Å². The van der Waals surface area contributed by atoms with Crippen LogP contribution in [0.2, 0.25) is 0 Å². The van der Waals surface area contributed by atoms with Gasteiger partial charge in [0, 0.05) is 0 Å². The molecule has 0 radical (unpaired) electrons. The maximum Gasteiger partial charge on any atom is 0.117 e. The Bertz CT molecular complexity index is 182. The van der Waals surface area contributed by atoms with Gasteiger partial charge in [-0.2, -0.15) is 0 Å². The zero-order valence-corrected chi connectivity index (χ0v) is 8.55. The smallest absolute Gasteiger partial charge is 0.117 e. The van der Waals surface area contributed by atoms with Gasteiger partial charge in [0.1, 0.15) is 12.4 Å². The predicted octanol–water partition coefficient (Wildman–Crippen LogP) is 1.76. The number of hydrogen-bond acceptors (Lipinski definition) is 2. The van der Waals surface area contributed by atoms with E-state index in [4.69, 9.17) is 15.9 Å². The standard InChI is InChI=1S/C10H20N2O/c1-7-3-4-9(5-8(7)2)13-6-10(11)12/h7-9H,3-6H2,1-2H3,(H3,11,12). The van der Waals surface area contributed by atoms with Gasteiger partial charge in [-0.3, -0.25) is 5.41 Å². The average molecular weight is 184 g/mol. The highest BCUT2D eigenvalue weighted by Gasteiger charge is 2.24. The lowest BCUT2D eigenvalue weighted by Crippen LogP contribution is -2.29. The maximum atomic E-state index is 7.06. The molecule has 76 valence electrons. The van der Waals surface area contributed by atoms with Crippen molar-refractivity contribution in [2.75, 3.05) is 6.61 Å². The normalized spacial score (nSPS) is 34.5. The van der Waals surface area contributed by atoms with Crippen LogP contribution in [-0.4, -0.2) is 18.5 Å². The molecular weight excluding hydrogens is 164 g/mol. The van der Waals surface area contributed by atoms with Crippen molar-refractivity contribution in [1.29, 1.82) is 5.41 Å². The molecule has 0 spiro atoms. The predicted molar refractivity (Wildman–Crippen MR) is 53.8 cm³/mol. The summed E-state index contributed by atoms with van der Waals surface area (Å²) >= 11 is 0. The molecule has 1 aliphatic carbocycles. The molecule has 3 unspecified atom stereocenters. The molecular formula is C10H20N2O. The zero-order chi connectivity index (χ0) is 9.84. The van der Waals surface area contributed by atoms with E-state index in [1.165, 1.54) is 6.42 Å². The molecule has 0 amide bonds. The SMILES string of the molecule is CC1CCC(OCC(=N)N)CC1C. The highest BCUT2D eigenvalue weighted by Crippen LogP contribution is 2.30. The minimum absolute atomic E-state index is 0.131. The largest absolute Gasteiger partial charge is 0.386 e. The summed E-state index contributed by atoms with van der Waals surface area (Å²) in [7, 11) is 0. The second-order valence-electron chi connectivity index (χ2n) is 4.23. The first-order chi connectivity index (χ1) is 6.09. The van der Waals surface area contributed by atoms with E-state index in [1.807, 2.05) is 0 Å². The third kappa shape index (κ3) is 3.35. The molecule has 0 bridgehead atoms. The first kappa shape index (κ1) is 10.5. The second kappa shape index (κ2) is 4.61. The topological polar surface area (TPSA) is 59.1 Å². The fourth-order valence-corrected chi connectivity index (χ4v) is 1.86. The molecule has 13 heavy (non-hydrogen) atoms. The molecule has 0 saturated heterocycles. The van der Waals surface area contributed by atoms with Crippen LogP contribution in [0, 0.1) is 17.2 Å². The van der Waals surface area contributed by atoms with Gasteiger partial charge in [0.15, 0.2) is 0 Å². The van der Waals surface area contributed by atoms with Gasteiger partial charge >= 0.3 is 0 Å². The number of rotatable bonds is 3. The molecule has 0 aliphatic heterocycles. The van der Waals surface area contributed by atoms with Crippen LogP contribution in [0.15, 0.2) is 0 Å². The summed E-state index contributed by atoms with van der Waals surface area (Å²) in [6, 6.07) is 0. The van der Waals surface area contributed by atoms with Crippen molar-refractivity contribution in [2.24, 2.45) is 17.6 Å². The Labute approximate surface area is 80.2 Å². The molecule has 1 aliphatic rings. The van der Waals surface area contributed by atoms with Gasteiger partial charge in [-0.25, -0.2) is 0 Å². The van der Waals surface area contributed by atoms with E-state index in [2.05, 4.69) is 13.8 Å². The van der Waals surface area contributed by atoms with Crippen LogP contribution < -0.4 is 5.73 Å². The fraction of sp³-hybridized carbons (Fsp3) is 0.900. The van der Waals surface area contributed by atoms with Crippen LogP contribution in [-0.2, 0) is 4.74 Å². The Morgan fingerprint density at radius 1 is 1.38 bits per heavy atom. The van der Waals surface area contributed by atoms with E-state index in [1.54, 1.807) is 0 Å². The van der Waals surface area contributed by atoms with Crippen LogP contribution in [0.25, 0.3) is 0 Å². The second-order valence-corrected chi connectivity index (χ2v) is 4.23. The molecule has 1 rings (SSSR count). The Hall–Kier alpha value is -0.570. The van der Waals surface area contributed by atoms with Gasteiger partial charge in [-0.15, -0.1) is 0 Å². The van der Waals surface area contributed by atoms with Crippen molar-refractivity contribution in [1.82, 2.24) is 0 Å². The molecule has 3 nitrogen and oxygen atoms in total. The molecule has 0 aromatic rings. The molecule has 1 saturated carbocycles. The maximum absolute atomic E-state index is 7.06.